The average Bonchev–Trinajstić information content (AvgIpc) is 3.20. The molecule has 2 aromatic rings. The summed E-state index contributed by atoms with van der Waals surface area (Å²) in [6, 6.07) is 5.11. The van der Waals surface area contributed by atoms with Crippen molar-refractivity contribution in [1.82, 2.24) is 14.7 Å². The number of piperidine rings is 1. The lowest BCUT2D eigenvalue weighted by molar-refractivity contribution is -0.0398. The van der Waals surface area contributed by atoms with Crippen LogP contribution in [0, 0.1) is 12.7 Å². The number of ether oxygens (including phenoxy) is 1. The standard InChI is InChI=1S/C23H30FN5O2/c1-15-6-5-7-18(24)22(15)27-11-9-17(10-12-27)29-16(2)21-19(25-23(29)30)14-28(26-21)20-8-3-4-13-31-20/h5-7,14,16-17,20H,3-4,8-13H2,1-2H3,(H,25,30). The van der Waals surface area contributed by atoms with Crippen LogP contribution >= 0.6 is 0 Å². The van der Waals surface area contributed by atoms with Crippen LogP contribution in [0.3, 0.4) is 0 Å². The third-order valence-electron chi connectivity index (χ3n) is 6.86. The molecule has 0 radical (unpaired) electrons. The predicted molar refractivity (Wildman–Crippen MR) is 117 cm³/mol. The van der Waals surface area contributed by atoms with Gasteiger partial charge in [-0.25, -0.2) is 13.9 Å². The maximum atomic E-state index is 14.4. The van der Waals surface area contributed by atoms with Gasteiger partial charge in [-0.1, -0.05) is 12.1 Å². The summed E-state index contributed by atoms with van der Waals surface area (Å²) in [6.45, 7) is 6.19. The zero-order valence-electron chi connectivity index (χ0n) is 18.2. The van der Waals surface area contributed by atoms with Gasteiger partial charge >= 0.3 is 6.03 Å². The largest absolute Gasteiger partial charge is 0.369 e. The summed E-state index contributed by atoms with van der Waals surface area (Å²) in [5.74, 6) is -0.178. The van der Waals surface area contributed by atoms with E-state index in [-0.39, 0.29) is 30.2 Å². The molecule has 0 aliphatic carbocycles. The quantitative estimate of drug-likeness (QED) is 0.777. The van der Waals surface area contributed by atoms with Gasteiger partial charge in [0.05, 0.1) is 23.6 Å². The van der Waals surface area contributed by atoms with Crippen molar-refractivity contribution < 1.29 is 13.9 Å². The SMILES string of the molecule is Cc1cccc(F)c1N1CCC(N2C(=O)Nc3cn(C4CCCCO4)nc3C2C)CC1. The Bertz CT molecular complexity index is 943. The van der Waals surface area contributed by atoms with E-state index in [0.717, 1.165) is 68.7 Å². The van der Waals surface area contributed by atoms with Gasteiger partial charge in [0.15, 0.2) is 0 Å². The Kier molecular flexibility index (Phi) is 5.33. The van der Waals surface area contributed by atoms with Crippen LogP contribution in [-0.4, -0.2) is 46.4 Å². The Morgan fingerprint density at radius 1 is 1.19 bits per heavy atom. The van der Waals surface area contributed by atoms with Crippen LogP contribution < -0.4 is 10.2 Å². The minimum Gasteiger partial charge on any atom is -0.369 e. The molecule has 1 aromatic carbocycles. The number of fused-ring (bicyclic) bond motifs is 1. The molecule has 31 heavy (non-hydrogen) atoms. The zero-order valence-corrected chi connectivity index (χ0v) is 18.2. The fourth-order valence-corrected chi connectivity index (χ4v) is 5.25. The van der Waals surface area contributed by atoms with Crippen molar-refractivity contribution in [2.24, 2.45) is 0 Å². The van der Waals surface area contributed by atoms with E-state index in [9.17, 15) is 9.18 Å². The predicted octanol–water partition coefficient (Wildman–Crippen LogP) is 4.61. The number of aryl methyl sites for hydroxylation is 1. The topological polar surface area (TPSA) is 62.6 Å². The Balaban J connectivity index is 1.31. The minimum atomic E-state index is -0.178. The molecule has 3 aliphatic rings. The van der Waals surface area contributed by atoms with Crippen LogP contribution in [0.1, 0.15) is 62.6 Å². The monoisotopic (exact) mass is 427 g/mol. The number of carbonyl (C=O) groups excluding carboxylic acids is 1. The molecule has 5 rings (SSSR count). The average molecular weight is 428 g/mol. The smallest absolute Gasteiger partial charge is 0.322 e. The Labute approximate surface area is 182 Å². The van der Waals surface area contributed by atoms with Gasteiger partial charge in [0.2, 0.25) is 0 Å². The van der Waals surface area contributed by atoms with Gasteiger partial charge in [-0.15, -0.1) is 0 Å². The summed E-state index contributed by atoms with van der Waals surface area (Å²) in [7, 11) is 0. The maximum Gasteiger partial charge on any atom is 0.322 e. The number of aromatic nitrogens is 2. The highest BCUT2D eigenvalue weighted by atomic mass is 19.1. The molecule has 1 aromatic heterocycles. The zero-order chi connectivity index (χ0) is 21.5. The van der Waals surface area contributed by atoms with Crippen molar-refractivity contribution in [3.63, 3.8) is 0 Å². The van der Waals surface area contributed by atoms with E-state index >= 15 is 0 Å². The van der Waals surface area contributed by atoms with Crippen LogP contribution in [-0.2, 0) is 4.74 Å². The molecular formula is C23H30FN5O2. The minimum absolute atomic E-state index is 0.0517. The molecule has 3 aliphatic heterocycles. The fraction of sp³-hybridized carbons (Fsp3) is 0.565. The molecule has 1 N–H and O–H groups in total. The Hall–Kier alpha value is -2.61. The summed E-state index contributed by atoms with van der Waals surface area (Å²) in [6.07, 6.45) is 6.61. The van der Waals surface area contributed by atoms with E-state index < -0.39 is 0 Å². The van der Waals surface area contributed by atoms with E-state index in [1.165, 1.54) is 6.07 Å². The molecule has 2 fully saturated rings. The lowest BCUT2D eigenvalue weighted by Crippen LogP contribution is -2.51. The van der Waals surface area contributed by atoms with E-state index in [0.29, 0.717) is 5.69 Å². The summed E-state index contributed by atoms with van der Waals surface area (Å²) < 4.78 is 22.1. The van der Waals surface area contributed by atoms with Crippen LogP contribution in [0.5, 0.6) is 0 Å². The second kappa shape index (κ2) is 8.15. The molecule has 2 saturated heterocycles. The first-order valence-corrected chi connectivity index (χ1v) is 11.3. The number of urea groups is 1. The molecule has 7 nitrogen and oxygen atoms in total. The Morgan fingerprint density at radius 2 is 2.00 bits per heavy atom. The first-order chi connectivity index (χ1) is 15.0. The van der Waals surface area contributed by atoms with Gasteiger partial charge in [-0.2, -0.15) is 5.10 Å². The normalized spacial score (nSPS) is 24.8. The molecule has 2 amide bonds. The van der Waals surface area contributed by atoms with Crippen LogP contribution in [0.4, 0.5) is 20.6 Å². The van der Waals surface area contributed by atoms with Gasteiger partial charge < -0.3 is 19.9 Å². The first kappa shape index (κ1) is 20.3. The lowest BCUT2D eigenvalue weighted by Gasteiger charge is -2.43. The number of hydrogen-bond donors (Lipinski definition) is 1. The molecule has 0 spiro atoms. The third kappa shape index (κ3) is 3.67. The summed E-state index contributed by atoms with van der Waals surface area (Å²) in [5.41, 5.74) is 3.30. The van der Waals surface area contributed by atoms with Crippen molar-refractivity contribution in [1.29, 1.82) is 0 Å². The van der Waals surface area contributed by atoms with E-state index in [2.05, 4.69) is 10.2 Å². The van der Waals surface area contributed by atoms with E-state index in [1.807, 2.05) is 35.7 Å². The number of carbonyl (C=O) groups is 1. The van der Waals surface area contributed by atoms with Gasteiger partial charge in [-0.05, 0) is 57.6 Å². The number of amides is 2. The fourth-order valence-electron chi connectivity index (χ4n) is 5.25. The summed E-state index contributed by atoms with van der Waals surface area (Å²) >= 11 is 0. The number of anilines is 2. The molecular weight excluding hydrogens is 397 g/mol. The van der Waals surface area contributed by atoms with E-state index in [1.54, 1.807) is 6.07 Å². The van der Waals surface area contributed by atoms with Gasteiger partial charge in [0, 0.05) is 25.7 Å². The first-order valence-electron chi connectivity index (χ1n) is 11.3. The molecule has 8 heteroatoms. The maximum absolute atomic E-state index is 14.4. The number of para-hydroxylation sites is 1. The number of benzene rings is 1. The highest BCUT2D eigenvalue weighted by Crippen LogP contribution is 2.37. The summed E-state index contributed by atoms with van der Waals surface area (Å²) in [4.78, 5) is 17.0. The van der Waals surface area contributed by atoms with Crippen LogP contribution in [0.15, 0.2) is 24.4 Å². The number of rotatable bonds is 3. The molecule has 0 bridgehead atoms. The van der Waals surface area contributed by atoms with Crippen molar-refractivity contribution in [2.45, 2.75) is 64.3 Å². The summed E-state index contributed by atoms with van der Waals surface area (Å²) in [5, 5.41) is 7.83. The van der Waals surface area contributed by atoms with Crippen LogP contribution in [0.2, 0.25) is 0 Å². The molecule has 0 saturated carbocycles. The van der Waals surface area contributed by atoms with Gasteiger partial charge in [0.25, 0.3) is 0 Å². The third-order valence-corrected chi connectivity index (χ3v) is 6.86. The number of nitrogens with zero attached hydrogens (tertiary/aromatic N) is 4. The van der Waals surface area contributed by atoms with E-state index in [4.69, 9.17) is 9.84 Å². The molecule has 2 atom stereocenters. The highest BCUT2D eigenvalue weighted by molar-refractivity contribution is 5.92. The number of halogens is 1. The van der Waals surface area contributed by atoms with Gasteiger partial charge in [-0.3, -0.25) is 0 Å². The number of hydrogen-bond acceptors (Lipinski definition) is 4. The van der Waals surface area contributed by atoms with Crippen LogP contribution in [0.25, 0.3) is 0 Å². The lowest BCUT2D eigenvalue weighted by atomic mass is 9.98. The second-order valence-corrected chi connectivity index (χ2v) is 8.87. The molecule has 2 unspecified atom stereocenters. The second-order valence-electron chi connectivity index (χ2n) is 8.87. The van der Waals surface area contributed by atoms with Gasteiger partial charge in [0.1, 0.15) is 17.7 Å². The van der Waals surface area contributed by atoms with Crippen molar-refractivity contribution in [3.8, 4) is 0 Å². The van der Waals surface area contributed by atoms with Crippen molar-refractivity contribution in [3.05, 3.63) is 41.5 Å². The molecule has 4 heterocycles. The van der Waals surface area contributed by atoms with Crippen molar-refractivity contribution >= 4 is 17.4 Å². The van der Waals surface area contributed by atoms with Crippen molar-refractivity contribution in [2.75, 3.05) is 29.9 Å². The highest BCUT2D eigenvalue weighted by Gasteiger charge is 2.38. The Morgan fingerprint density at radius 3 is 2.71 bits per heavy atom. The molecule has 166 valence electrons. The number of nitrogens with one attached hydrogen (secondary N) is 1.